The average Bonchev–Trinajstić information content (AvgIpc) is 2.94. The van der Waals surface area contributed by atoms with Gasteiger partial charge in [0, 0.05) is 28.5 Å². The SMILES string of the molecule is COc1ccc(Cl)cc1CNn1c(-c2ccncc2)n[nH]c1=S. The van der Waals surface area contributed by atoms with Crippen molar-refractivity contribution >= 4 is 23.8 Å². The predicted octanol–water partition coefficient (Wildman–Crippen LogP) is 3.41. The van der Waals surface area contributed by atoms with Gasteiger partial charge in [0.15, 0.2) is 5.82 Å². The Morgan fingerprint density at radius 1 is 1.30 bits per heavy atom. The molecule has 0 radical (unpaired) electrons. The van der Waals surface area contributed by atoms with E-state index < -0.39 is 0 Å². The van der Waals surface area contributed by atoms with Crippen LogP contribution in [0.1, 0.15) is 5.56 Å². The number of hydrogen-bond acceptors (Lipinski definition) is 5. The largest absolute Gasteiger partial charge is 0.496 e. The Morgan fingerprint density at radius 3 is 2.83 bits per heavy atom. The number of rotatable bonds is 5. The molecule has 1 aromatic carbocycles. The summed E-state index contributed by atoms with van der Waals surface area (Å²) in [5.41, 5.74) is 5.06. The van der Waals surface area contributed by atoms with Crippen molar-refractivity contribution in [1.82, 2.24) is 19.9 Å². The fourth-order valence-corrected chi connectivity index (χ4v) is 2.58. The Morgan fingerprint density at radius 2 is 2.09 bits per heavy atom. The van der Waals surface area contributed by atoms with Gasteiger partial charge in [-0.2, -0.15) is 5.10 Å². The fraction of sp³-hybridized carbons (Fsp3) is 0.133. The minimum atomic E-state index is 0.470. The summed E-state index contributed by atoms with van der Waals surface area (Å²) >= 11 is 11.3. The summed E-state index contributed by atoms with van der Waals surface area (Å²) in [7, 11) is 1.62. The second kappa shape index (κ2) is 6.80. The molecule has 0 aliphatic rings. The molecule has 0 aliphatic heterocycles. The highest BCUT2D eigenvalue weighted by atomic mass is 35.5. The van der Waals surface area contributed by atoms with E-state index >= 15 is 0 Å². The first kappa shape index (κ1) is 15.5. The zero-order valence-electron chi connectivity index (χ0n) is 12.3. The number of nitrogens with zero attached hydrogens (tertiary/aromatic N) is 3. The van der Waals surface area contributed by atoms with Gasteiger partial charge in [0.05, 0.1) is 13.7 Å². The molecule has 0 saturated carbocycles. The Hall–Kier alpha value is -2.38. The van der Waals surface area contributed by atoms with Crippen molar-refractivity contribution in [3.05, 3.63) is 58.1 Å². The van der Waals surface area contributed by atoms with Crippen LogP contribution in [0.5, 0.6) is 5.75 Å². The van der Waals surface area contributed by atoms with Gasteiger partial charge in [-0.3, -0.25) is 4.98 Å². The Labute approximate surface area is 143 Å². The van der Waals surface area contributed by atoms with Crippen molar-refractivity contribution in [1.29, 1.82) is 0 Å². The monoisotopic (exact) mass is 347 g/mol. The molecule has 118 valence electrons. The van der Waals surface area contributed by atoms with Gasteiger partial charge in [-0.25, -0.2) is 9.77 Å². The maximum atomic E-state index is 6.06. The Bertz CT molecular complexity index is 862. The maximum absolute atomic E-state index is 6.06. The lowest BCUT2D eigenvalue weighted by Gasteiger charge is -2.13. The molecule has 0 atom stereocenters. The van der Waals surface area contributed by atoms with Crippen LogP contribution in [-0.4, -0.2) is 27.0 Å². The van der Waals surface area contributed by atoms with Gasteiger partial charge in [0.25, 0.3) is 0 Å². The molecule has 2 aromatic heterocycles. The van der Waals surface area contributed by atoms with E-state index in [1.807, 2.05) is 24.3 Å². The van der Waals surface area contributed by atoms with Gasteiger partial charge in [-0.05, 0) is 42.5 Å². The van der Waals surface area contributed by atoms with Crippen LogP contribution in [0.4, 0.5) is 0 Å². The van der Waals surface area contributed by atoms with E-state index in [1.54, 1.807) is 30.2 Å². The molecule has 0 bridgehead atoms. The molecule has 0 aliphatic carbocycles. The van der Waals surface area contributed by atoms with Crippen LogP contribution in [0.2, 0.25) is 5.02 Å². The first-order valence-electron chi connectivity index (χ1n) is 6.83. The first-order chi connectivity index (χ1) is 11.2. The number of nitrogens with one attached hydrogen (secondary N) is 2. The Balaban J connectivity index is 1.89. The molecule has 8 heteroatoms. The van der Waals surface area contributed by atoms with Crippen LogP contribution < -0.4 is 10.2 Å². The lowest BCUT2D eigenvalue weighted by Crippen LogP contribution is -2.16. The lowest BCUT2D eigenvalue weighted by molar-refractivity contribution is 0.410. The normalized spacial score (nSPS) is 10.5. The van der Waals surface area contributed by atoms with E-state index in [2.05, 4.69) is 20.6 Å². The van der Waals surface area contributed by atoms with Crippen LogP contribution in [0.25, 0.3) is 11.4 Å². The van der Waals surface area contributed by atoms with Gasteiger partial charge in [0.2, 0.25) is 4.77 Å². The third kappa shape index (κ3) is 3.35. The van der Waals surface area contributed by atoms with Crippen molar-refractivity contribution in [2.75, 3.05) is 12.5 Å². The van der Waals surface area contributed by atoms with Gasteiger partial charge in [0.1, 0.15) is 5.75 Å². The maximum Gasteiger partial charge on any atom is 0.214 e. The number of pyridine rings is 1. The van der Waals surface area contributed by atoms with E-state index in [0.717, 1.165) is 16.9 Å². The summed E-state index contributed by atoms with van der Waals surface area (Å²) in [5.74, 6) is 1.43. The second-order valence-corrected chi connectivity index (χ2v) is 5.54. The molecule has 6 nitrogen and oxygen atoms in total. The topological polar surface area (TPSA) is 67.8 Å². The molecule has 0 fully saturated rings. The molecule has 3 aromatic rings. The minimum absolute atomic E-state index is 0.470. The quantitative estimate of drug-likeness (QED) is 0.692. The predicted molar refractivity (Wildman–Crippen MR) is 91.7 cm³/mol. The van der Waals surface area contributed by atoms with E-state index in [9.17, 15) is 0 Å². The fourth-order valence-electron chi connectivity index (χ4n) is 2.19. The zero-order chi connectivity index (χ0) is 16.2. The molecular formula is C15H14ClN5OS. The third-order valence-electron chi connectivity index (χ3n) is 3.28. The van der Waals surface area contributed by atoms with Crippen molar-refractivity contribution < 1.29 is 4.74 Å². The van der Waals surface area contributed by atoms with E-state index in [1.165, 1.54) is 0 Å². The number of methoxy groups -OCH3 is 1. The summed E-state index contributed by atoms with van der Waals surface area (Å²) in [6, 6.07) is 9.20. The number of hydrogen-bond donors (Lipinski definition) is 2. The molecular weight excluding hydrogens is 334 g/mol. The van der Waals surface area contributed by atoms with Crippen LogP contribution in [0, 0.1) is 4.77 Å². The summed E-state index contributed by atoms with van der Waals surface area (Å²) in [6.07, 6.45) is 3.41. The number of ether oxygens (including phenoxy) is 1. The third-order valence-corrected chi connectivity index (χ3v) is 3.79. The summed E-state index contributed by atoms with van der Waals surface area (Å²) < 4.78 is 7.53. The highest BCUT2D eigenvalue weighted by Crippen LogP contribution is 2.23. The van der Waals surface area contributed by atoms with E-state index in [-0.39, 0.29) is 0 Å². The van der Waals surface area contributed by atoms with Crippen molar-refractivity contribution in [3.8, 4) is 17.1 Å². The van der Waals surface area contributed by atoms with Crippen LogP contribution >= 0.6 is 23.8 Å². The lowest BCUT2D eigenvalue weighted by atomic mass is 10.2. The van der Waals surface area contributed by atoms with Crippen LogP contribution in [-0.2, 0) is 6.54 Å². The van der Waals surface area contributed by atoms with E-state index in [0.29, 0.717) is 22.2 Å². The van der Waals surface area contributed by atoms with Gasteiger partial charge >= 0.3 is 0 Å². The smallest absolute Gasteiger partial charge is 0.214 e. The summed E-state index contributed by atoms with van der Waals surface area (Å²) in [4.78, 5) is 4.01. The van der Waals surface area contributed by atoms with Crippen molar-refractivity contribution in [2.24, 2.45) is 0 Å². The standard InChI is InChI=1S/C15H14ClN5OS/c1-22-13-3-2-12(16)8-11(13)9-18-21-14(19-20-15(21)23)10-4-6-17-7-5-10/h2-8,18H,9H2,1H3,(H,20,23). The van der Waals surface area contributed by atoms with Gasteiger partial charge in [-0.15, -0.1) is 0 Å². The molecule has 0 spiro atoms. The van der Waals surface area contributed by atoms with Crippen LogP contribution in [0.15, 0.2) is 42.7 Å². The van der Waals surface area contributed by atoms with Gasteiger partial charge < -0.3 is 10.2 Å². The molecule has 23 heavy (non-hydrogen) atoms. The number of benzene rings is 1. The number of halogens is 1. The molecule has 3 rings (SSSR count). The highest BCUT2D eigenvalue weighted by molar-refractivity contribution is 7.71. The molecule has 0 saturated heterocycles. The van der Waals surface area contributed by atoms with Crippen molar-refractivity contribution in [2.45, 2.75) is 6.54 Å². The zero-order valence-corrected chi connectivity index (χ0v) is 13.9. The Kier molecular flexibility index (Phi) is 4.59. The molecule has 0 unspecified atom stereocenters. The van der Waals surface area contributed by atoms with Crippen molar-refractivity contribution in [3.63, 3.8) is 0 Å². The number of aromatic amines is 1. The molecule has 0 amide bonds. The number of H-pyrrole nitrogens is 1. The summed E-state index contributed by atoms with van der Waals surface area (Å²) in [6.45, 7) is 0.482. The van der Waals surface area contributed by atoms with E-state index in [4.69, 9.17) is 28.6 Å². The average molecular weight is 348 g/mol. The van der Waals surface area contributed by atoms with Gasteiger partial charge in [-0.1, -0.05) is 11.6 Å². The minimum Gasteiger partial charge on any atom is -0.496 e. The van der Waals surface area contributed by atoms with Crippen LogP contribution in [0.3, 0.4) is 0 Å². The molecule has 2 N–H and O–H groups in total. The summed E-state index contributed by atoms with van der Waals surface area (Å²) in [5, 5.41) is 7.69. The second-order valence-electron chi connectivity index (χ2n) is 4.71. The first-order valence-corrected chi connectivity index (χ1v) is 7.62. The highest BCUT2D eigenvalue weighted by Gasteiger charge is 2.10. The molecule has 2 heterocycles. The number of aromatic nitrogens is 4.